The Morgan fingerprint density at radius 1 is 1.19 bits per heavy atom. The summed E-state index contributed by atoms with van der Waals surface area (Å²) < 4.78 is 18.9. The summed E-state index contributed by atoms with van der Waals surface area (Å²) in [5.74, 6) is -0.295. The van der Waals surface area contributed by atoms with Gasteiger partial charge in [-0.3, -0.25) is 19.3 Å². The topological polar surface area (TPSA) is 75.7 Å². The number of nitrogens with zero attached hydrogens (tertiary/aromatic N) is 1. The van der Waals surface area contributed by atoms with Crippen molar-refractivity contribution < 1.29 is 23.5 Å². The smallest absolute Gasteiger partial charge is 0.294 e. The molecule has 0 aromatic heterocycles. The molecule has 0 radical (unpaired) electrons. The zero-order chi connectivity index (χ0) is 22.4. The summed E-state index contributed by atoms with van der Waals surface area (Å²) in [6.07, 6.45) is 1.60. The van der Waals surface area contributed by atoms with Crippen molar-refractivity contribution in [1.82, 2.24) is 10.2 Å². The van der Waals surface area contributed by atoms with Crippen molar-refractivity contribution in [2.75, 3.05) is 13.1 Å². The maximum Gasteiger partial charge on any atom is 0.294 e. The van der Waals surface area contributed by atoms with Crippen molar-refractivity contribution >= 4 is 34.9 Å². The second-order valence-electron chi connectivity index (χ2n) is 7.45. The van der Waals surface area contributed by atoms with Crippen molar-refractivity contribution in [3.05, 3.63) is 70.4 Å². The zero-order valence-corrected chi connectivity index (χ0v) is 18.1. The Morgan fingerprint density at radius 2 is 1.94 bits per heavy atom. The Kier molecular flexibility index (Phi) is 7.46. The molecule has 0 spiro atoms. The van der Waals surface area contributed by atoms with E-state index >= 15 is 0 Å². The van der Waals surface area contributed by atoms with Gasteiger partial charge in [-0.2, -0.15) is 0 Å². The SMILES string of the molecule is CC(C)CNC(=O)CN1C(=O)S/C(=C\c2ccc(OCc3cccc(F)c3)cc2)C1=O. The monoisotopic (exact) mass is 442 g/mol. The van der Waals surface area contributed by atoms with Gasteiger partial charge in [-0.25, -0.2) is 4.39 Å². The number of ether oxygens (including phenoxy) is 1. The molecule has 1 aliphatic rings. The summed E-state index contributed by atoms with van der Waals surface area (Å²) in [6.45, 7) is 4.34. The van der Waals surface area contributed by atoms with Gasteiger partial charge in [-0.15, -0.1) is 0 Å². The maximum absolute atomic E-state index is 13.2. The summed E-state index contributed by atoms with van der Waals surface area (Å²) in [4.78, 5) is 37.9. The molecule has 1 heterocycles. The first-order valence-corrected chi connectivity index (χ1v) is 10.6. The van der Waals surface area contributed by atoms with Gasteiger partial charge in [0.1, 0.15) is 24.7 Å². The molecule has 2 aromatic rings. The van der Waals surface area contributed by atoms with Crippen LogP contribution in [0.25, 0.3) is 6.08 Å². The van der Waals surface area contributed by atoms with Crippen molar-refractivity contribution in [3.63, 3.8) is 0 Å². The molecule has 0 unspecified atom stereocenters. The standard InChI is InChI=1S/C23H23FN2O4S/c1-15(2)12-25-21(27)13-26-22(28)20(31-23(26)29)11-16-6-8-19(9-7-16)30-14-17-4-3-5-18(24)10-17/h3-11,15H,12-14H2,1-2H3,(H,25,27)/b20-11-. The number of rotatable bonds is 8. The van der Waals surface area contributed by atoms with Gasteiger partial charge >= 0.3 is 0 Å². The van der Waals surface area contributed by atoms with Crippen LogP contribution in [0.15, 0.2) is 53.4 Å². The molecule has 8 heteroatoms. The number of amides is 3. The summed E-state index contributed by atoms with van der Waals surface area (Å²) in [7, 11) is 0. The Hall–Kier alpha value is -3.13. The molecule has 1 saturated heterocycles. The van der Waals surface area contributed by atoms with Gasteiger partial charge < -0.3 is 10.1 Å². The minimum Gasteiger partial charge on any atom is -0.489 e. The lowest BCUT2D eigenvalue weighted by Gasteiger charge is -2.13. The number of carbonyl (C=O) groups is 3. The van der Waals surface area contributed by atoms with Gasteiger partial charge in [0, 0.05) is 6.54 Å². The number of thioether (sulfide) groups is 1. The molecule has 2 aromatic carbocycles. The molecule has 3 rings (SSSR count). The van der Waals surface area contributed by atoms with Gasteiger partial charge in [-0.1, -0.05) is 38.1 Å². The van der Waals surface area contributed by atoms with Crippen molar-refractivity contribution in [2.24, 2.45) is 5.92 Å². The highest BCUT2D eigenvalue weighted by molar-refractivity contribution is 8.18. The Bertz CT molecular complexity index is 1000. The number of halogens is 1. The Morgan fingerprint density at radius 3 is 2.61 bits per heavy atom. The number of imide groups is 1. The molecule has 162 valence electrons. The lowest BCUT2D eigenvalue weighted by Crippen LogP contribution is -2.40. The molecular weight excluding hydrogens is 419 g/mol. The van der Waals surface area contributed by atoms with Crippen molar-refractivity contribution in [3.8, 4) is 5.75 Å². The normalized spacial score (nSPS) is 15.1. The van der Waals surface area contributed by atoms with Crippen molar-refractivity contribution in [1.29, 1.82) is 0 Å². The average molecular weight is 443 g/mol. The van der Waals surface area contributed by atoms with Crippen molar-refractivity contribution in [2.45, 2.75) is 20.5 Å². The van der Waals surface area contributed by atoms with E-state index in [2.05, 4.69) is 5.32 Å². The molecule has 31 heavy (non-hydrogen) atoms. The summed E-state index contributed by atoms with van der Waals surface area (Å²) in [6, 6.07) is 13.2. The van der Waals surface area contributed by atoms with E-state index in [1.54, 1.807) is 42.5 Å². The molecule has 1 N–H and O–H groups in total. The lowest BCUT2D eigenvalue weighted by atomic mass is 10.2. The molecule has 1 aliphatic heterocycles. The highest BCUT2D eigenvalue weighted by Crippen LogP contribution is 2.32. The van der Waals surface area contributed by atoms with Crippen LogP contribution >= 0.6 is 11.8 Å². The fourth-order valence-electron chi connectivity index (χ4n) is 2.76. The third-order valence-corrected chi connectivity index (χ3v) is 5.26. The largest absolute Gasteiger partial charge is 0.489 e. The van der Waals surface area contributed by atoms with Crippen LogP contribution in [-0.2, 0) is 16.2 Å². The fraction of sp³-hybridized carbons (Fsp3) is 0.261. The second-order valence-corrected chi connectivity index (χ2v) is 8.45. The van der Waals surface area contributed by atoms with E-state index in [9.17, 15) is 18.8 Å². The molecule has 0 saturated carbocycles. The van der Waals surface area contributed by atoms with Gasteiger partial charge in [0.25, 0.3) is 11.1 Å². The average Bonchev–Trinajstić information content (AvgIpc) is 2.99. The predicted molar refractivity (Wildman–Crippen MR) is 118 cm³/mol. The highest BCUT2D eigenvalue weighted by Gasteiger charge is 2.36. The third kappa shape index (κ3) is 6.42. The van der Waals surface area contributed by atoms with Crippen LogP contribution in [0.3, 0.4) is 0 Å². The van der Waals surface area contributed by atoms with Crippen LogP contribution < -0.4 is 10.1 Å². The number of hydrogen-bond donors (Lipinski definition) is 1. The molecule has 0 atom stereocenters. The van der Waals surface area contributed by atoms with E-state index in [-0.39, 0.29) is 35.7 Å². The van der Waals surface area contributed by atoms with E-state index in [0.29, 0.717) is 17.9 Å². The third-order valence-electron chi connectivity index (χ3n) is 4.36. The van der Waals surface area contributed by atoms with Gasteiger partial charge in [0.15, 0.2) is 0 Å². The number of nitrogens with one attached hydrogen (secondary N) is 1. The first-order valence-electron chi connectivity index (χ1n) is 9.81. The van der Waals surface area contributed by atoms with Gasteiger partial charge in [0.05, 0.1) is 4.91 Å². The Balaban J connectivity index is 1.59. The summed E-state index contributed by atoms with van der Waals surface area (Å²) >= 11 is 0.808. The van der Waals surface area contributed by atoms with Crippen LogP contribution in [0.2, 0.25) is 0 Å². The summed E-state index contributed by atoms with van der Waals surface area (Å²) in [5, 5.41) is 2.23. The maximum atomic E-state index is 13.2. The fourth-order valence-corrected chi connectivity index (χ4v) is 3.60. The summed E-state index contributed by atoms with van der Waals surface area (Å²) in [5.41, 5.74) is 1.43. The van der Waals surface area contributed by atoms with E-state index in [1.165, 1.54) is 12.1 Å². The van der Waals surface area contributed by atoms with E-state index in [4.69, 9.17) is 4.74 Å². The Labute approximate surface area is 184 Å². The first-order chi connectivity index (χ1) is 14.8. The molecule has 1 fully saturated rings. The van der Waals surface area contributed by atoms with E-state index in [0.717, 1.165) is 22.2 Å². The molecule has 3 amide bonds. The zero-order valence-electron chi connectivity index (χ0n) is 17.3. The number of benzene rings is 2. The van der Waals surface area contributed by atoms with Crippen LogP contribution in [0.1, 0.15) is 25.0 Å². The molecule has 0 bridgehead atoms. The van der Waals surface area contributed by atoms with Gasteiger partial charge in [0.2, 0.25) is 5.91 Å². The number of hydrogen-bond acceptors (Lipinski definition) is 5. The first kappa shape index (κ1) is 22.6. The molecule has 0 aliphatic carbocycles. The highest BCUT2D eigenvalue weighted by atomic mass is 32.2. The van der Waals surface area contributed by atoms with Crippen LogP contribution in [0.4, 0.5) is 9.18 Å². The molecular formula is C23H23FN2O4S. The van der Waals surface area contributed by atoms with E-state index in [1.807, 2.05) is 13.8 Å². The predicted octanol–water partition coefficient (Wildman–Crippen LogP) is 4.21. The van der Waals surface area contributed by atoms with Crippen LogP contribution in [-0.4, -0.2) is 35.0 Å². The second kappa shape index (κ2) is 10.3. The molecule has 6 nitrogen and oxygen atoms in total. The lowest BCUT2D eigenvalue weighted by molar-refractivity contribution is -0.129. The minimum absolute atomic E-state index is 0.231. The van der Waals surface area contributed by atoms with Crippen LogP contribution in [0.5, 0.6) is 5.75 Å². The van der Waals surface area contributed by atoms with E-state index < -0.39 is 11.1 Å². The number of carbonyl (C=O) groups excluding carboxylic acids is 3. The van der Waals surface area contributed by atoms with Gasteiger partial charge in [-0.05, 0) is 59.1 Å². The minimum atomic E-state index is -0.485. The quantitative estimate of drug-likeness (QED) is 0.620. The van der Waals surface area contributed by atoms with Crippen LogP contribution in [0, 0.1) is 11.7 Å².